The first kappa shape index (κ1) is 13.3. The molecule has 5 nitrogen and oxygen atoms in total. The van der Waals surface area contributed by atoms with Gasteiger partial charge >= 0.3 is 0 Å². The number of hydrogen-bond donors (Lipinski definition) is 1. The van der Waals surface area contributed by atoms with Crippen LogP contribution < -0.4 is 10.2 Å². The zero-order valence-corrected chi connectivity index (χ0v) is 11.9. The Morgan fingerprint density at radius 1 is 1.39 bits per heavy atom. The summed E-state index contributed by atoms with van der Waals surface area (Å²) in [5, 5.41) is 7.56. The fourth-order valence-corrected chi connectivity index (χ4v) is 2.69. The molecule has 0 spiro atoms. The lowest BCUT2D eigenvalue weighted by atomic mass is 9.76. The second-order valence-corrected chi connectivity index (χ2v) is 5.31. The first-order valence-electron chi connectivity index (χ1n) is 6.94. The minimum absolute atomic E-state index is 0.0123. The van der Waals surface area contributed by atoms with E-state index >= 15 is 0 Å². The Kier molecular flexibility index (Phi) is 3.90. The molecule has 2 rings (SSSR count). The van der Waals surface area contributed by atoms with Gasteiger partial charge in [0.2, 0.25) is 5.89 Å². The number of nitrogens with one attached hydrogen (secondary N) is 1. The zero-order valence-electron chi connectivity index (χ0n) is 11.9. The monoisotopic (exact) mass is 252 g/mol. The molecule has 1 saturated heterocycles. The summed E-state index contributed by atoms with van der Waals surface area (Å²) in [7, 11) is 0. The van der Waals surface area contributed by atoms with Crippen molar-refractivity contribution < 1.29 is 4.52 Å². The fraction of sp³-hybridized carbons (Fsp3) is 0.846. The van der Waals surface area contributed by atoms with Gasteiger partial charge in [-0.15, -0.1) is 0 Å². The van der Waals surface area contributed by atoms with E-state index < -0.39 is 0 Å². The van der Waals surface area contributed by atoms with E-state index in [2.05, 4.69) is 48.1 Å². The van der Waals surface area contributed by atoms with Crippen LogP contribution in [0.5, 0.6) is 0 Å². The number of nitrogens with zero attached hydrogens (tertiary/aromatic N) is 3. The molecule has 102 valence electrons. The molecule has 2 heterocycles. The minimum Gasteiger partial charge on any atom is -0.339 e. The van der Waals surface area contributed by atoms with E-state index in [9.17, 15) is 0 Å². The molecule has 18 heavy (non-hydrogen) atoms. The van der Waals surface area contributed by atoms with Crippen molar-refractivity contribution >= 4 is 5.95 Å². The molecular formula is C13H24N4O. The zero-order chi connectivity index (χ0) is 13.2. The Bertz CT molecular complexity index is 378. The van der Waals surface area contributed by atoms with E-state index in [-0.39, 0.29) is 5.41 Å². The number of aromatic nitrogens is 2. The van der Waals surface area contributed by atoms with Crippen LogP contribution in [-0.2, 0) is 5.41 Å². The summed E-state index contributed by atoms with van der Waals surface area (Å²) in [6.07, 6.45) is 1.07. The highest BCUT2D eigenvalue weighted by molar-refractivity contribution is 5.29. The molecule has 1 N–H and O–H groups in total. The van der Waals surface area contributed by atoms with Crippen LogP contribution in [0, 0.1) is 5.92 Å². The van der Waals surface area contributed by atoms with E-state index in [0.717, 1.165) is 44.4 Å². The summed E-state index contributed by atoms with van der Waals surface area (Å²) in [4.78, 5) is 6.75. The van der Waals surface area contributed by atoms with Gasteiger partial charge in [-0.1, -0.05) is 13.8 Å². The van der Waals surface area contributed by atoms with Gasteiger partial charge in [0.05, 0.1) is 5.41 Å². The van der Waals surface area contributed by atoms with Crippen molar-refractivity contribution in [1.29, 1.82) is 0 Å². The van der Waals surface area contributed by atoms with Gasteiger partial charge in [0.15, 0.2) is 0 Å². The third kappa shape index (κ3) is 2.11. The summed E-state index contributed by atoms with van der Waals surface area (Å²) in [5.74, 6) is 2.02. The number of anilines is 1. The van der Waals surface area contributed by atoms with Crippen molar-refractivity contribution in [3.05, 3.63) is 5.89 Å². The Labute approximate surface area is 109 Å². The molecule has 0 aliphatic carbocycles. The molecule has 1 aromatic rings. The van der Waals surface area contributed by atoms with Crippen LogP contribution in [-0.4, -0.2) is 36.3 Å². The fourth-order valence-electron chi connectivity index (χ4n) is 2.69. The molecule has 1 atom stereocenters. The molecule has 1 aliphatic rings. The van der Waals surface area contributed by atoms with Crippen LogP contribution in [0.2, 0.25) is 0 Å². The highest BCUT2D eigenvalue weighted by Crippen LogP contribution is 2.37. The Balaban J connectivity index is 2.27. The molecule has 1 aliphatic heterocycles. The predicted molar refractivity (Wildman–Crippen MR) is 71.9 cm³/mol. The highest BCUT2D eigenvalue weighted by atomic mass is 16.5. The predicted octanol–water partition coefficient (Wildman–Crippen LogP) is 1.80. The van der Waals surface area contributed by atoms with E-state index in [1.807, 2.05) is 0 Å². The van der Waals surface area contributed by atoms with Gasteiger partial charge in [0.25, 0.3) is 5.95 Å². The Morgan fingerprint density at radius 3 is 2.61 bits per heavy atom. The minimum atomic E-state index is 0.0123. The lowest BCUT2D eigenvalue weighted by Gasteiger charge is -2.28. The standard InChI is InChI=1S/C13H24N4O/c1-5-17(6-2)12-15-11(18-16-12)13(10(3)4)7-8-14-9-13/h10,14H,5-9H2,1-4H3. The lowest BCUT2D eigenvalue weighted by Crippen LogP contribution is -2.35. The summed E-state index contributed by atoms with van der Waals surface area (Å²) in [6.45, 7) is 12.4. The van der Waals surface area contributed by atoms with E-state index in [4.69, 9.17) is 4.52 Å². The van der Waals surface area contributed by atoms with Gasteiger partial charge in [0, 0.05) is 19.6 Å². The molecule has 5 heteroatoms. The number of hydrogen-bond acceptors (Lipinski definition) is 5. The summed E-state index contributed by atoms with van der Waals surface area (Å²) >= 11 is 0. The van der Waals surface area contributed by atoms with Gasteiger partial charge < -0.3 is 14.7 Å². The van der Waals surface area contributed by atoms with Gasteiger partial charge in [-0.3, -0.25) is 0 Å². The lowest BCUT2D eigenvalue weighted by molar-refractivity contribution is 0.234. The molecule has 1 aromatic heterocycles. The third-order valence-corrected chi connectivity index (χ3v) is 4.18. The second-order valence-electron chi connectivity index (χ2n) is 5.31. The molecule has 0 aromatic carbocycles. The Hall–Kier alpha value is -1.10. The summed E-state index contributed by atoms with van der Waals surface area (Å²) < 4.78 is 5.56. The van der Waals surface area contributed by atoms with Gasteiger partial charge in [-0.05, 0) is 37.9 Å². The average molecular weight is 252 g/mol. The maximum Gasteiger partial charge on any atom is 0.266 e. The van der Waals surface area contributed by atoms with Crippen molar-refractivity contribution in [2.24, 2.45) is 5.92 Å². The largest absolute Gasteiger partial charge is 0.339 e. The maximum absolute atomic E-state index is 5.56. The van der Waals surface area contributed by atoms with E-state index in [0.29, 0.717) is 5.92 Å². The molecular weight excluding hydrogens is 228 g/mol. The van der Waals surface area contributed by atoms with Crippen molar-refractivity contribution in [2.75, 3.05) is 31.1 Å². The topological polar surface area (TPSA) is 54.2 Å². The first-order chi connectivity index (χ1) is 8.64. The second kappa shape index (κ2) is 5.26. The molecule has 0 bridgehead atoms. The van der Waals surface area contributed by atoms with Gasteiger partial charge in [-0.25, -0.2) is 0 Å². The number of rotatable bonds is 5. The van der Waals surface area contributed by atoms with E-state index in [1.165, 1.54) is 0 Å². The maximum atomic E-state index is 5.56. The van der Waals surface area contributed by atoms with Crippen molar-refractivity contribution in [1.82, 2.24) is 15.5 Å². The normalized spacial score (nSPS) is 23.8. The molecule has 1 unspecified atom stereocenters. The Morgan fingerprint density at radius 2 is 2.11 bits per heavy atom. The van der Waals surface area contributed by atoms with Gasteiger partial charge in [-0.2, -0.15) is 4.98 Å². The highest BCUT2D eigenvalue weighted by Gasteiger charge is 2.43. The summed E-state index contributed by atoms with van der Waals surface area (Å²) in [5.41, 5.74) is 0.0123. The molecule has 0 radical (unpaired) electrons. The van der Waals surface area contributed by atoms with Crippen LogP contribution in [0.3, 0.4) is 0 Å². The smallest absolute Gasteiger partial charge is 0.266 e. The van der Waals surface area contributed by atoms with Gasteiger partial charge in [0.1, 0.15) is 0 Å². The first-order valence-corrected chi connectivity index (χ1v) is 6.94. The van der Waals surface area contributed by atoms with Crippen LogP contribution >= 0.6 is 0 Å². The van der Waals surface area contributed by atoms with Crippen LogP contribution in [0.4, 0.5) is 5.95 Å². The van der Waals surface area contributed by atoms with Crippen LogP contribution in [0.25, 0.3) is 0 Å². The van der Waals surface area contributed by atoms with Crippen molar-refractivity contribution in [3.63, 3.8) is 0 Å². The third-order valence-electron chi connectivity index (χ3n) is 4.18. The van der Waals surface area contributed by atoms with Crippen molar-refractivity contribution in [3.8, 4) is 0 Å². The molecule has 1 fully saturated rings. The SMILES string of the molecule is CCN(CC)c1noc(C2(C(C)C)CCNC2)n1. The molecule has 0 saturated carbocycles. The van der Waals surface area contributed by atoms with Crippen molar-refractivity contribution in [2.45, 2.75) is 39.5 Å². The average Bonchev–Trinajstić information content (AvgIpc) is 2.99. The molecule has 0 amide bonds. The summed E-state index contributed by atoms with van der Waals surface area (Å²) in [6, 6.07) is 0. The quantitative estimate of drug-likeness (QED) is 0.866. The van der Waals surface area contributed by atoms with Crippen LogP contribution in [0.1, 0.15) is 40.0 Å². The van der Waals surface area contributed by atoms with E-state index in [1.54, 1.807) is 0 Å². The van der Waals surface area contributed by atoms with Crippen LogP contribution in [0.15, 0.2) is 4.52 Å².